The van der Waals surface area contributed by atoms with Gasteiger partial charge in [-0.3, -0.25) is 0 Å². The van der Waals surface area contributed by atoms with Crippen molar-refractivity contribution >= 4 is 0 Å². The van der Waals surface area contributed by atoms with Gasteiger partial charge in [0.05, 0.1) is 6.10 Å². The molecule has 0 aliphatic heterocycles. The normalized spacial score (nSPS) is 17.5. The van der Waals surface area contributed by atoms with Crippen LogP contribution in [0, 0.1) is 0 Å². The Kier molecular flexibility index (Phi) is 1.80. The molecule has 2 rings (SSSR count). The maximum Gasteiger partial charge on any atom is 0.119 e. The number of hydrogen-bond donors (Lipinski definition) is 0. The summed E-state index contributed by atoms with van der Waals surface area (Å²) < 4.78 is 5.65. The third-order valence-corrected chi connectivity index (χ3v) is 2.10. The molecule has 0 bridgehead atoms. The molecule has 1 aliphatic rings. The van der Waals surface area contributed by atoms with Crippen molar-refractivity contribution in [2.24, 2.45) is 0 Å². The maximum atomic E-state index is 5.65. The number of ether oxygens (including phenoxy) is 1. The first-order valence-electron chi connectivity index (χ1n) is 4.17. The highest BCUT2D eigenvalue weighted by molar-refractivity contribution is 5.21. The zero-order chi connectivity index (χ0) is 7.52. The van der Waals surface area contributed by atoms with Gasteiger partial charge in [0.1, 0.15) is 5.75 Å². The van der Waals surface area contributed by atoms with E-state index in [-0.39, 0.29) is 0 Å². The molecule has 0 saturated heterocycles. The van der Waals surface area contributed by atoms with E-state index in [2.05, 4.69) is 0 Å². The summed E-state index contributed by atoms with van der Waals surface area (Å²) in [6.07, 6.45) is 4.29. The van der Waals surface area contributed by atoms with Gasteiger partial charge in [0, 0.05) is 0 Å². The third-order valence-electron chi connectivity index (χ3n) is 2.10. The molecule has 1 nitrogen and oxygen atoms in total. The van der Waals surface area contributed by atoms with E-state index in [4.69, 9.17) is 4.74 Å². The van der Waals surface area contributed by atoms with Crippen LogP contribution in [-0.4, -0.2) is 6.10 Å². The number of para-hydroxylation sites is 1. The highest BCUT2D eigenvalue weighted by Gasteiger charge is 2.18. The Balaban J connectivity index is 1.95. The smallest absolute Gasteiger partial charge is 0.119 e. The van der Waals surface area contributed by atoms with Crippen LogP contribution in [0.15, 0.2) is 30.3 Å². The van der Waals surface area contributed by atoms with Gasteiger partial charge in [0.25, 0.3) is 0 Å². The first-order valence-corrected chi connectivity index (χ1v) is 4.17. The van der Waals surface area contributed by atoms with Crippen molar-refractivity contribution in [3.05, 3.63) is 30.3 Å². The maximum absolute atomic E-state index is 5.65. The Labute approximate surface area is 67.0 Å². The molecule has 0 atom stereocenters. The summed E-state index contributed by atoms with van der Waals surface area (Å²) >= 11 is 0. The third kappa shape index (κ3) is 1.53. The molecule has 0 heterocycles. The van der Waals surface area contributed by atoms with Crippen LogP contribution in [0.2, 0.25) is 0 Å². The minimum Gasteiger partial charge on any atom is -0.490 e. The Morgan fingerprint density at radius 3 is 2.36 bits per heavy atom. The van der Waals surface area contributed by atoms with E-state index in [1.165, 1.54) is 19.3 Å². The summed E-state index contributed by atoms with van der Waals surface area (Å²) in [5, 5.41) is 0. The molecule has 0 aromatic heterocycles. The lowest BCUT2D eigenvalue weighted by atomic mass is 9.96. The zero-order valence-electron chi connectivity index (χ0n) is 6.49. The van der Waals surface area contributed by atoms with Gasteiger partial charge in [-0.1, -0.05) is 18.2 Å². The predicted molar refractivity (Wildman–Crippen MR) is 44.7 cm³/mol. The SMILES string of the molecule is c1ccc(OC2CCC2)cc1. The fraction of sp³-hybridized carbons (Fsp3) is 0.400. The van der Waals surface area contributed by atoms with E-state index < -0.39 is 0 Å². The quantitative estimate of drug-likeness (QED) is 0.626. The average molecular weight is 148 g/mol. The van der Waals surface area contributed by atoms with Crippen molar-refractivity contribution in [2.75, 3.05) is 0 Å². The summed E-state index contributed by atoms with van der Waals surface area (Å²) in [5.74, 6) is 1.01. The highest BCUT2D eigenvalue weighted by atomic mass is 16.5. The molecule has 1 heteroatoms. The van der Waals surface area contributed by atoms with Gasteiger partial charge in [0.15, 0.2) is 0 Å². The van der Waals surface area contributed by atoms with E-state index in [1.807, 2.05) is 30.3 Å². The number of benzene rings is 1. The first-order chi connectivity index (χ1) is 5.45. The van der Waals surface area contributed by atoms with E-state index in [9.17, 15) is 0 Å². The van der Waals surface area contributed by atoms with Gasteiger partial charge in [-0.25, -0.2) is 0 Å². The molecule has 1 fully saturated rings. The fourth-order valence-electron chi connectivity index (χ4n) is 1.18. The monoisotopic (exact) mass is 148 g/mol. The molecule has 1 aromatic carbocycles. The Bertz CT molecular complexity index is 214. The highest BCUT2D eigenvalue weighted by Crippen LogP contribution is 2.24. The van der Waals surface area contributed by atoms with Crippen molar-refractivity contribution in [3.63, 3.8) is 0 Å². The predicted octanol–water partition coefficient (Wildman–Crippen LogP) is 2.62. The van der Waals surface area contributed by atoms with Crippen LogP contribution in [0.5, 0.6) is 5.75 Å². The standard InChI is InChI=1S/C10H12O/c1-2-5-9(6-3-1)11-10-7-4-8-10/h1-3,5-6,10H,4,7-8H2. The lowest BCUT2D eigenvalue weighted by Gasteiger charge is -2.26. The molecule has 0 unspecified atom stereocenters. The molecule has 0 spiro atoms. The largest absolute Gasteiger partial charge is 0.490 e. The van der Waals surface area contributed by atoms with Crippen LogP contribution >= 0.6 is 0 Å². The molecule has 11 heavy (non-hydrogen) atoms. The number of rotatable bonds is 2. The van der Waals surface area contributed by atoms with E-state index in [1.54, 1.807) is 0 Å². The van der Waals surface area contributed by atoms with E-state index in [0.29, 0.717) is 6.10 Å². The van der Waals surface area contributed by atoms with Crippen molar-refractivity contribution in [3.8, 4) is 5.75 Å². The number of hydrogen-bond acceptors (Lipinski definition) is 1. The second-order valence-corrected chi connectivity index (χ2v) is 2.98. The van der Waals surface area contributed by atoms with Gasteiger partial charge < -0.3 is 4.74 Å². The molecule has 0 N–H and O–H groups in total. The van der Waals surface area contributed by atoms with Crippen LogP contribution in [-0.2, 0) is 0 Å². The van der Waals surface area contributed by atoms with Crippen LogP contribution < -0.4 is 4.74 Å². The van der Waals surface area contributed by atoms with Crippen LogP contribution in [0.1, 0.15) is 19.3 Å². The van der Waals surface area contributed by atoms with E-state index in [0.717, 1.165) is 5.75 Å². The molecular weight excluding hydrogens is 136 g/mol. The second-order valence-electron chi connectivity index (χ2n) is 2.98. The lowest BCUT2D eigenvalue weighted by molar-refractivity contribution is 0.120. The Morgan fingerprint density at radius 2 is 1.82 bits per heavy atom. The van der Waals surface area contributed by atoms with Crippen LogP contribution in [0.4, 0.5) is 0 Å². The molecular formula is C10H12O. The van der Waals surface area contributed by atoms with Gasteiger partial charge in [0.2, 0.25) is 0 Å². The summed E-state index contributed by atoms with van der Waals surface area (Å²) in [5.41, 5.74) is 0. The second kappa shape index (κ2) is 2.95. The molecule has 0 radical (unpaired) electrons. The average Bonchev–Trinajstić information content (AvgIpc) is 1.99. The van der Waals surface area contributed by atoms with Crippen molar-refractivity contribution in [1.29, 1.82) is 0 Å². The molecule has 1 saturated carbocycles. The summed E-state index contributed by atoms with van der Waals surface area (Å²) in [7, 11) is 0. The molecule has 1 aromatic rings. The summed E-state index contributed by atoms with van der Waals surface area (Å²) in [6, 6.07) is 10.0. The first kappa shape index (κ1) is 6.71. The van der Waals surface area contributed by atoms with Crippen LogP contribution in [0.3, 0.4) is 0 Å². The van der Waals surface area contributed by atoms with Gasteiger partial charge in [-0.05, 0) is 31.4 Å². The molecule has 58 valence electrons. The fourth-order valence-corrected chi connectivity index (χ4v) is 1.18. The minimum atomic E-state index is 0.498. The van der Waals surface area contributed by atoms with Crippen LogP contribution in [0.25, 0.3) is 0 Å². The van der Waals surface area contributed by atoms with Crippen molar-refractivity contribution in [2.45, 2.75) is 25.4 Å². The molecule has 1 aliphatic carbocycles. The van der Waals surface area contributed by atoms with E-state index >= 15 is 0 Å². The van der Waals surface area contributed by atoms with Gasteiger partial charge in [-0.2, -0.15) is 0 Å². The van der Waals surface area contributed by atoms with Gasteiger partial charge >= 0.3 is 0 Å². The topological polar surface area (TPSA) is 9.23 Å². The van der Waals surface area contributed by atoms with Gasteiger partial charge in [-0.15, -0.1) is 0 Å². The molecule has 0 amide bonds. The minimum absolute atomic E-state index is 0.498. The van der Waals surface area contributed by atoms with Crippen molar-refractivity contribution < 1.29 is 4.74 Å². The Morgan fingerprint density at radius 1 is 1.09 bits per heavy atom. The zero-order valence-corrected chi connectivity index (χ0v) is 6.49. The lowest BCUT2D eigenvalue weighted by Crippen LogP contribution is -2.24. The summed E-state index contributed by atoms with van der Waals surface area (Å²) in [4.78, 5) is 0. The Hall–Kier alpha value is -0.980. The summed E-state index contributed by atoms with van der Waals surface area (Å²) in [6.45, 7) is 0. The van der Waals surface area contributed by atoms with Crippen molar-refractivity contribution in [1.82, 2.24) is 0 Å².